The van der Waals surface area contributed by atoms with Crippen LogP contribution in [0.5, 0.6) is 0 Å². The van der Waals surface area contributed by atoms with Gasteiger partial charge in [0.2, 0.25) is 0 Å². The Hall–Kier alpha value is -2.29. The van der Waals surface area contributed by atoms with E-state index < -0.39 is 5.97 Å². The molecule has 0 radical (unpaired) electrons. The largest absolute Gasteiger partial charge is 0.478 e. The van der Waals surface area contributed by atoms with Gasteiger partial charge in [-0.2, -0.15) is 0 Å². The van der Waals surface area contributed by atoms with E-state index in [-0.39, 0.29) is 0 Å². The second-order valence-corrected chi connectivity index (χ2v) is 5.17. The summed E-state index contributed by atoms with van der Waals surface area (Å²) in [6.45, 7) is 0. The van der Waals surface area contributed by atoms with Crippen LogP contribution in [0, 0.1) is 0 Å². The molecule has 102 valence electrons. The number of aryl methyl sites for hydroxylation is 1. The Kier molecular flexibility index (Phi) is 3.42. The van der Waals surface area contributed by atoms with E-state index in [0.29, 0.717) is 11.6 Å². The van der Waals surface area contributed by atoms with Gasteiger partial charge in [-0.1, -0.05) is 24.3 Å². The molecule has 3 rings (SSSR count). The fraction of sp³-hybridized carbons (Fsp3) is 0.235. The molecule has 1 aliphatic rings. The summed E-state index contributed by atoms with van der Waals surface area (Å²) in [7, 11) is 0. The molecule has 2 aromatic rings. The van der Waals surface area contributed by atoms with Crippen molar-refractivity contribution >= 4 is 11.7 Å². The van der Waals surface area contributed by atoms with Crippen LogP contribution in [-0.4, -0.2) is 11.1 Å². The molecule has 2 N–H and O–H groups in total. The molecule has 0 aromatic heterocycles. The van der Waals surface area contributed by atoms with Crippen LogP contribution in [0.2, 0.25) is 0 Å². The molecule has 0 spiro atoms. The molecule has 0 aliphatic heterocycles. The van der Waals surface area contributed by atoms with Gasteiger partial charge in [0.15, 0.2) is 0 Å². The molecular weight excluding hydrogens is 250 g/mol. The number of hydrogen-bond donors (Lipinski definition) is 2. The van der Waals surface area contributed by atoms with Crippen molar-refractivity contribution in [2.45, 2.75) is 25.3 Å². The average Bonchev–Trinajstić information content (AvgIpc) is 2.48. The van der Waals surface area contributed by atoms with E-state index in [9.17, 15) is 4.79 Å². The van der Waals surface area contributed by atoms with Gasteiger partial charge in [-0.3, -0.25) is 0 Å². The zero-order valence-corrected chi connectivity index (χ0v) is 11.2. The first-order valence-corrected chi connectivity index (χ1v) is 6.92. The lowest BCUT2D eigenvalue weighted by Gasteiger charge is -2.27. The summed E-state index contributed by atoms with van der Waals surface area (Å²) >= 11 is 0. The summed E-state index contributed by atoms with van der Waals surface area (Å²) in [5, 5.41) is 12.4. The van der Waals surface area contributed by atoms with Crippen LogP contribution in [0.25, 0.3) is 0 Å². The minimum Gasteiger partial charge on any atom is -0.478 e. The molecule has 0 saturated heterocycles. The third kappa shape index (κ3) is 2.52. The van der Waals surface area contributed by atoms with Gasteiger partial charge in [0.25, 0.3) is 0 Å². The number of rotatable bonds is 3. The zero-order chi connectivity index (χ0) is 13.9. The van der Waals surface area contributed by atoms with Crippen LogP contribution in [0.3, 0.4) is 0 Å². The Bertz CT molecular complexity index is 619. The third-order valence-electron chi connectivity index (χ3n) is 3.84. The maximum atomic E-state index is 10.8. The Balaban J connectivity index is 1.80. The van der Waals surface area contributed by atoms with E-state index >= 15 is 0 Å². The Morgan fingerprint density at radius 2 is 1.85 bits per heavy atom. The molecule has 0 bridgehead atoms. The highest BCUT2D eigenvalue weighted by molar-refractivity contribution is 5.88. The molecule has 0 amide bonds. The summed E-state index contributed by atoms with van der Waals surface area (Å²) in [6, 6.07) is 15.8. The van der Waals surface area contributed by atoms with Crippen LogP contribution in [0.15, 0.2) is 48.5 Å². The average molecular weight is 267 g/mol. The molecule has 0 fully saturated rings. The maximum Gasteiger partial charge on any atom is 0.335 e. The Labute approximate surface area is 118 Å². The zero-order valence-electron chi connectivity index (χ0n) is 11.2. The Morgan fingerprint density at radius 3 is 2.60 bits per heavy atom. The van der Waals surface area contributed by atoms with E-state index in [1.54, 1.807) is 12.1 Å². The number of carboxylic acids is 1. The minimum atomic E-state index is -0.889. The van der Waals surface area contributed by atoms with Crippen LogP contribution in [0.1, 0.15) is 40.4 Å². The van der Waals surface area contributed by atoms with Crippen molar-refractivity contribution < 1.29 is 9.90 Å². The van der Waals surface area contributed by atoms with E-state index in [1.165, 1.54) is 17.5 Å². The highest BCUT2D eigenvalue weighted by Crippen LogP contribution is 2.32. The fourth-order valence-corrected chi connectivity index (χ4v) is 2.81. The molecule has 2 aromatic carbocycles. The van der Waals surface area contributed by atoms with Gasteiger partial charge in [-0.25, -0.2) is 4.79 Å². The quantitative estimate of drug-likeness (QED) is 0.887. The number of aromatic carboxylic acids is 1. The second kappa shape index (κ2) is 5.37. The number of carboxylic acid groups (broad SMARTS) is 1. The fourth-order valence-electron chi connectivity index (χ4n) is 2.81. The molecule has 3 heteroatoms. The normalized spacial score (nSPS) is 17.3. The highest BCUT2D eigenvalue weighted by Gasteiger charge is 2.19. The van der Waals surface area contributed by atoms with Crippen LogP contribution in [0.4, 0.5) is 5.69 Å². The smallest absolute Gasteiger partial charge is 0.335 e. The number of hydrogen-bond acceptors (Lipinski definition) is 2. The van der Waals surface area contributed by atoms with Gasteiger partial charge < -0.3 is 10.4 Å². The topological polar surface area (TPSA) is 49.3 Å². The molecule has 1 unspecified atom stereocenters. The van der Waals surface area contributed by atoms with E-state index in [4.69, 9.17) is 5.11 Å². The van der Waals surface area contributed by atoms with E-state index in [1.807, 2.05) is 12.1 Å². The molecule has 1 aliphatic carbocycles. The molecule has 1 atom stereocenters. The van der Waals surface area contributed by atoms with Crippen molar-refractivity contribution in [1.29, 1.82) is 0 Å². The van der Waals surface area contributed by atoms with Crippen molar-refractivity contribution in [1.82, 2.24) is 0 Å². The maximum absolute atomic E-state index is 10.8. The minimum absolute atomic E-state index is 0.315. The van der Waals surface area contributed by atoms with Crippen molar-refractivity contribution in [3.63, 3.8) is 0 Å². The van der Waals surface area contributed by atoms with Crippen LogP contribution < -0.4 is 5.32 Å². The summed E-state index contributed by atoms with van der Waals surface area (Å²) in [4.78, 5) is 10.8. The first kappa shape index (κ1) is 12.7. The predicted octanol–water partition coefficient (Wildman–Crippen LogP) is 3.87. The van der Waals surface area contributed by atoms with Crippen molar-refractivity contribution in [3.05, 3.63) is 65.2 Å². The van der Waals surface area contributed by atoms with Crippen molar-refractivity contribution in [2.24, 2.45) is 0 Å². The van der Waals surface area contributed by atoms with Crippen molar-refractivity contribution in [2.75, 3.05) is 5.32 Å². The first-order valence-electron chi connectivity index (χ1n) is 6.92. The lowest BCUT2D eigenvalue weighted by Crippen LogP contribution is -2.17. The van der Waals surface area contributed by atoms with Gasteiger partial charge in [0.05, 0.1) is 11.6 Å². The molecule has 3 nitrogen and oxygen atoms in total. The SMILES string of the molecule is O=C(O)c1ccc(NC2CCCc3ccccc32)cc1. The standard InChI is InChI=1S/C17H17NO2/c19-17(20)13-8-10-14(11-9-13)18-16-7-3-5-12-4-1-2-6-15(12)16/h1-2,4,6,8-11,16,18H,3,5,7H2,(H,19,20). The molecule has 0 heterocycles. The van der Waals surface area contributed by atoms with Crippen molar-refractivity contribution in [3.8, 4) is 0 Å². The van der Waals surface area contributed by atoms with Crippen LogP contribution >= 0.6 is 0 Å². The first-order chi connectivity index (χ1) is 9.74. The summed E-state index contributed by atoms with van der Waals surface area (Å²) in [5.74, 6) is -0.889. The number of anilines is 1. The van der Waals surface area contributed by atoms with E-state index in [0.717, 1.165) is 18.5 Å². The number of benzene rings is 2. The Morgan fingerprint density at radius 1 is 1.10 bits per heavy atom. The molecule has 20 heavy (non-hydrogen) atoms. The lowest BCUT2D eigenvalue weighted by atomic mass is 9.87. The third-order valence-corrected chi connectivity index (χ3v) is 3.84. The van der Waals surface area contributed by atoms with Gasteiger partial charge in [0, 0.05) is 5.69 Å². The predicted molar refractivity (Wildman–Crippen MR) is 79.1 cm³/mol. The number of carbonyl (C=O) groups is 1. The van der Waals surface area contributed by atoms with E-state index in [2.05, 4.69) is 29.6 Å². The second-order valence-electron chi connectivity index (χ2n) is 5.17. The highest BCUT2D eigenvalue weighted by atomic mass is 16.4. The van der Waals surface area contributed by atoms with Gasteiger partial charge in [0.1, 0.15) is 0 Å². The molecule has 0 saturated carbocycles. The number of nitrogens with one attached hydrogen (secondary N) is 1. The number of fused-ring (bicyclic) bond motifs is 1. The molecular formula is C17H17NO2. The summed E-state index contributed by atoms with van der Waals surface area (Å²) < 4.78 is 0. The summed E-state index contributed by atoms with van der Waals surface area (Å²) in [6.07, 6.45) is 3.44. The lowest BCUT2D eigenvalue weighted by molar-refractivity contribution is 0.0697. The van der Waals surface area contributed by atoms with Crippen LogP contribution in [-0.2, 0) is 6.42 Å². The van der Waals surface area contributed by atoms with Gasteiger partial charge in [-0.05, 0) is 54.7 Å². The summed E-state index contributed by atoms with van der Waals surface area (Å²) in [5.41, 5.74) is 4.07. The van der Waals surface area contributed by atoms with Gasteiger partial charge >= 0.3 is 5.97 Å². The monoisotopic (exact) mass is 267 g/mol. The van der Waals surface area contributed by atoms with Gasteiger partial charge in [-0.15, -0.1) is 0 Å².